The largest absolute Gasteiger partial charge is 0.494 e. The van der Waals surface area contributed by atoms with Crippen LogP contribution < -0.4 is 9.64 Å². The molecule has 3 saturated heterocycles. The molecule has 41 heavy (non-hydrogen) atoms. The van der Waals surface area contributed by atoms with Gasteiger partial charge in [-0.05, 0) is 51.0 Å². The molecular weight excluding hydrogens is 590 g/mol. The van der Waals surface area contributed by atoms with E-state index in [2.05, 4.69) is 36.0 Å². The highest BCUT2D eigenvalue weighted by molar-refractivity contribution is 9.09. The molecule has 3 heterocycles. The Bertz CT molecular complexity index is 1150. The van der Waals surface area contributed by atoms with Crippen molar-refractivity contribution in [3.05, 3.63) is 49.6 Å². The van der Waals surface area contributed by atoms with E-state index in [0.717, 1.165) is 12.8 Å². The minimum atomic E-state index is -1.19. The van der Waals surface area contributed by atoms with Gasteiger partial charge in [0, 0.05) is 30.1 Å². The van der Waals surface area contributed by atoms with Crippen LogP contribution in [0.5, 0.6) is 5.75 Å². The SMILES string of the molecule is C=CCN(CCCC)C(=O)C1N([C@H](C)CO)C(=O)[C@@H]2[C@H](C(=O)N(CC=C)c3ccc(OCC)cc3)[C@H]3OC12CC3Br. The molecule has 3 unspecified atom stereocenters. The highest BCUT2D eigenvalue weighted by Crippen LogP contribution is 2.61. The molecule has 0 saturated carbocycles. The van der Waals surface area contributed by atoms with Gasteiger partial charge in [0.05, 0.1) is 37.2 Å². The number of anilines is 1. The van der Waals surface area contributed by atoms with Gasteiger partial charge in [0.15, 0.2) is 0 Å². The monoisotopic (exact) mass is 631 g/mol. The molecule has 1 spiro atoms. The first kappa shape index (κ1) is 31.3. The summed E-state index contributed by atoms with van der Waals surface area (Å²) in [5.74, 6) is -1.81. The van der Waals surface area contributed by atoms with Gasteiger partial charge in [-0.25, -0.2) is 0 Å². The third-order valence-corrected chi connectivity index (χ3v) is 9.31. The first-order chi connectivity index (χ1) is 19.7. The molecular formula is C31H42BrN3O6. The predicted octanol–water partition coefficient (Wildman–Crippen LogP) is 3.55. The third kappa shape index (κ3) is 5.46. The van der Waals surface area contributed by atoms with Crippen LogP contribution in [0.1, 0.15) is 40.0 Å². The van der Waals surface area contributed by atoms with Crippen LogP contribution in [-0.2, 0) is 19.1 Å². The fraction of sp³-hybridized carbons (Fsp3) is 0.581. The van der Waals surface area contributed by atoms with Crippen molar-refractivity contribution in [2.45, 2.75) is 68.6 Å². The lowest BCUT2D eigenvalue weighted by Gasteiger charge is -2.38. The second-order valence-electron chi connectivity index (χ2n) is 11.0. The molecule has 0 aliphatic carbocycles. The number of hydrogen-bond donors (Lipinski definition) is 1. The molecule has 224 valence electrons. The molecule has 1 aromatic rings. The molecule has 3 aliphatic rings. The summed E-state index contributed by atoms with van der Waals surface area (Å²) in [4.78, 5) is 47.5. The van der Waals surface area contributed by atoms with Crippen LogP contribution in [0.25, 0.3) is 0 Å². The van der Waals surface area contributed by atoms with Crippen molar-refractivity contribution in [1.82, 2.24) is 9.80 Å². The van der Waals surface area contributed by atoms with E-state index in [1.807, 2.05) is 19.1 Å². The Labute approximate surface area is 251 Å². The van der Waals surface area contributed by atoms with E-state index < -0.39 is 35.6 Å². The van der Waals surface area contributed by atoms with Gasteiger partial charge in [-0.2, -0.15) is 0 Å². The summed E-state index contributed by atoms with van der Waals surface area (Å²) in [6, 6.07) is 5.64. The Kier molecular flexibility index (Phi) is 9.97. The number of aliphatic hydroxyl groups excluding tert-OH is 1. The zero-order valence-electron chi connectivity index (χ0n) is 24.2. The van der Waals surface area contributed by atoms with Crippen LogP contribution in [0.2, 0.25) is 0 Å². The van der Waals surface area contributed by atoms with Crippen molar-refractivity contribution < 1.29 is 29.0 Å². The minimum absolute atomic E-state index is 0.227. The maximum absolute atomic E-state index is 14.4. The van der Waals surface area contributed by atoms with Crippen LogP contribution in [0, 0.1) is 11.8 Å². The summed E-state index contributed by atoms with van der Waals surface area (Å²) < 4.78 is 12.2. The number of amides is 3. The Balaban J connectivity index is 1.75. The third-order valence-electron chi connectivity index (χ3n) is 8.47. The zero-order valence-corrected chi connectivity index (χ0v) is 25.8. The summed E-state index contributed by atoms with van der Waals surface area (Å²) >= 11 is 3.73. The van der Waals surface area contributed by atoms with Crippen molar-refractivity contribution in [2.75, 3.05) is 37.7 Å². The lowest BCUT2D eigenvalue weighted by molar-refractivity contribution is -0.150. The maximum atomic E-state index is 14.4. The second kappa shape index (κ2) is 13.1. The summed E-state index contributed by atoms with van der Waals surface area (Å²) in [6.07, 6.45) is 4.85. The number of ether oxygens (including phenoxy) is 2. The van der Waals surface area contributed by atoms with Gasteiger partial charge >= 0.3 is 0 Å². The molecule has 0 aromatic heterocycles. The number of likely N-dealkylation sites (tertiary alicyclic amines) is 1. The van der Waals surface area contributed by atoms with Gasteiger partial charge in [0.1, 0.15) is 17.4 Å². The Hall–Kier alpha value is -2.69. The lowest BCUT2D eigenvalue weighted by atomic mass is 9.70. The number of fused-ring (bicyclic) bond motifs is 1. The number of hydrogen-bond acceptors (Lipinski definition) is 6. The van der Waals surface area contributed by atoms with Crippen LogP contribution in [-0.4, -0.2) is 94.1 Å². The molecule has 1 aromatic carbocycles. The average Bonchev–Trinajstić information content (AvgIpc) is 3.56. The number of unbranched alkanes of at least 4 members (excludes halogenated alkanes) is 1. The van der Waals surface area contributed by atoms with Gasteiger partial charge < -0.3 is 29.3 Å². The van der Waals surface area contributed by atoms with E-state index in [1.54, 1.807) is 41.0 Å². The van der Waals surface area contributed by atoms with Crippen molar-refractivity contribution in [1.29, 1.82) is 0 Å². The van der Waals surface area contributed by atoms with E-state index >= 15 is 0 Å². The topological polar surface area (TPSA) is 99.6 Å². The van der Waals surface area contributed by atoms with E-state index in [9.17, 15) is 19.5 Å². The minimum Gasteiger partial charge on any atom is -0.494 e. The first-order valence-electron chi connectivity index (χ1n) is 14.5. The van der Waals surface area contributed by atoms with Crippen molar-refractivity contribution in [3.8, 4) is 5.75 Å². The van der Waals surface area contributed by atoms with E-state index in [1.165, 1.54) is 4.90 Å². The normalized spacial score (nSPS) is 28.8. The van der Waals surface area contributed by atoms with Gasteiger partial charge in [-0.1, -0.05) is 41.4 Å². The molecule has 10 heteroatoms. The van der Waals surface area contributed by atoms with Crippen molar-refractivity contribution in [3.63, 3.8) is 0 Å². The van der Waals surface area contributed by atoms with Crippen LogP contribution in [0.15, 0.2) is 49.6 Å². The van der Waals surface area contributed by atoms with E-state index in [4.69, 9.17) is 9.47 Å². The quantitative estimate of drug-likeness (QED) is 0.249. The van der Waals surface area contributed by atoms with Gasteiger partial charge in [0.25, 0.3) is 0 Å². The Morgan fingerprint density at radius 3 is 2.49 bits per heavy atom. The molecule has 2 bridgehead atoms. The summed E-state index contributed by atoms with van der Waals surface area (Å²) in [7, 11) is 0. The molecule has 9 nitrogen and oxygen atoms in total. The molecule has 1 N–H and O–H groups in total. The molecule has 7 atom stereocenters. The number of halogens is 1. The Morgan fingerprint density at radius 1 is 1.22 bits per heavy atom. The molecule has 4 rings (SSSR count). The Morgan fingerprint density at radius 2 is 1.90 bits per heavy atom. The fourth-order valence-corrected chi connectivity index (χ4v) is 7.62. The van der Waals surface area contributed by atoms with Gasteiger partial charge in [0.2, 0.25) is 17.7 Å². The number of rotatable bonds is 14. The zero-order chi connectivity index (χ0) is 29.9. The highest BCUT2D eigenvalue weighted by atomic mass is 79.9. The number of alkyl halides is 1. The summed E-state index contributed by atoms with van der Waals surface area (Å²) in [5.41, 5.74) is -0.544. The smallest absolute Gasteiger partial charge is 0.248 e. The number of carbonyl (C=O) groups is 3. The molecule has 3 aliphatic heterocycles. The summed E-state index contributed by atoms with van der Waals surface area (Å²) in [6.45, 7) is 14.6. The average molecular weight is 633 g/mol. The first-order valence-corrected chi connectivity index (χ1v) is 15.4. The fourth-order valence-electron chi connectivity index (χ4n) is 6.68. The maximum Gasteiger partial charge on any atom is 0.248 e. The van der Waals surface area contributed by atoms with E-state index in [0.29, 0.717) is 37.6 Å². The van der Waals surface area contributed by atoms with Crippen molar-refractivity contribution in [2.24, 2.45) is 11.8 Å². The number of nitrogens with zero attached hydrogens (tertiary/aromatic N) is 3. The van der Waals surface area contributed by atoms with Crippen molar-refractivity contribution >= 4 is 39.3 Å². The molecule has 3 fully saturated rings. The van der Waals surface area contributed by atoms with Gasteiger partial charge in [-0.15, -0.1) is 13.2 Å². The van der Waals surface area contributed by atoms with Crippen LogP contribution in [0.4, 0.5) is 5.69 Å². The number of aliphatic hydroxyl groups is 1. The number of benzene rings is 1. The highest BCUT2D eigenvalue weighted by Gasteiger charge is 2.77. The predicted molar refractivity (Wildman–Crippen MR) is 161 cm³/mol. The molecule has 0 radical (unpaired) electrons. The van der Waals surface area contributed by atoms with Crippen LogP contribution in [0.3, 0.4) is 0 Å². The standard InChI is InChI=1S/C31H42BrN3O6/c1-6-10-17-33(15-7-2)30(39)27-31-18-23(32)26(41-31)24(25(31)29(38)35(27)20(5)19-36)28(37)34(16-8-3)21-11-13-22(14-12-21)40-9-4/h7-8,11-14,20,23-27,36H,2-3,6,9-10,15-19H2,1,4-5H3/t20-,23?,24+,25+,26+,27?,31?/m1/s1. The van der Waals surface area contributed by atoms with E-state index in [-0.39, 0.29) is 35.7 Å². The molecule has 3 amide bonds. The second-order valence-corrected chi connectivity index (χ2v) is 12.2. The summed E-state index contributed by atoms with van der Waals surface area (Å²) in [5, 5.41) is 10.1. The van der Waals surface area contributed by atoms with Crippen LogP contribution >= 0.6 is 15.9 Å². The lowest BCUT2D eigenvalue weighted by Crippen LogP contribution is -2.58. The van der Waals surface area contributed by atoms with Gasteiger partial charge in [-0.3, -0.25) is 14.4 Å². The number of carbonyl (C=O) groups excluding carboxylic acids is 3.